The van der Waals surface area contributed by atoms with E-state index >= 15 is 0 Å². The summed E-state index contributed by atoms with van der Waals surface area (Å²) in [4.78, 5) is 3.94. The van der Waals surface area contributed by atoms with Crippen LogP contribution in [0.3, 0.4) is 0 Å². The molecule has 1 aliphatic heterocycles. The van der Waals surface area contributed by atoms with Crippen LogP contribution in [0.25, 0.3) is 0 Å². The third-order valence-electron chi connectivity index (χ3n) is 1.77. The first-order valence-electron chi connectivity index (χ1n) is 3.76. The number of fused-ring (bicyclic) bond motifs is 1. The van der Waals surface area contributed by atoms with Crippen LogP contribution in [0.2, 0.25) is 0 Å². The van der Waals surface area contributed by atoms with Crippen LogP contribution < -0.4 is 5.32 Å². The van der Waals surface area contributed by atoms with Crippen molar-refractivity contribution in [1.82, 2.24) is 0 Å². The molecule has 1 unspecified atom stereocenters. The van der Waals surface area contributed by atoms with Crippen molar-refractivity contribution in [2.24, 2.45) is 4.99 Å². The lowest BCUT2D eigenvalue weighted by Crippen LogP contribution is -2.15. The third-order valence-corrected chi connectivity index (χ3v) is 1.77. The van der Waals surface area contributed by atoms with Gasteiger partial charge in [-0.05, 0) is 19.9 Å². The summed E-state index contributed by atoms with van der Waals surface area (Å²) in [5.41, 5.74) is 0.707. The summed E-state index contributed by atoms with van der Waals surface area (Å²) < 4.78 is 5.29. The van der Waals surface area contributed by atoms with Gasteiger partial charge in [-0.1, -0.05) is 0 Å². The van der Waals surface area contributed by atoms with Crippen LogP contribution in [0.15, 0.2) is 15.5 Å². The van der Waals surface area contributed by atoms with Crippen molar-refractivity contribution in [2.75, 3.05) is 5.32 Å². The topological polar surface area (TPSA) is 57.8 Å². The first kappa shape index (κ1) is 7.36. The summed E-state index contributed by atoms with van der Waals surface area (Å²) in [5.74, 6) is 2.05. The molecule has 0 radical (unpaired) electrons. The standard InChI is InChI=1S/C8H10N2O2/c1-4-3-6-7(11)9-5(2)10-8(6)12-4/h3,7,11H,1-2H3,(H,9,10). The van der Waals surface area contributed by atoms with Gasteiger partial charge in [0.05, 0.1) is 5.56 Å². The van der Waals surface area contributed by atoms with E-state index in [0.29, 0.717) is 17.3 Å². The molecule has 64 valence electrons. The predicted molar refractivity (Wildman–Crippen MR) is 45.1 cm³/mol. The second-order valence-electron chi connectivity index (χ2n) is 2.85. The van der Waals surface area contributed by atoms with Crippen LogP contribution in [-0.2, 0) is 0 Å². The summed E-state index contributed by atoms with van der Waals surface area (Å²) >= 11 is 0. The van der Waals surface area contributed by atoms with Gasteiger partial charge in [-0.3, -0.25) is 0 Å². The maximum absolute atomic E-state index is 9.46. The van der Waals surface area contributed by atoms with Crippen molar-refractivity contribution in [1.29, 1.82) is 0 Å². The van der Waals surface area contributed by atoms with E-state index in [1.165, 1.54) is 0 Å². The normalized spacial score (nSPS) is 21.2. The van der Waals surface area contributed by atoms with Crippen LogP contribution in [-0.4, -0.2) is 10.9 Å². The van der Waals surface area contributed by atoms with Crippen LogP contribution in [0.4, 0.5) is 5.88 Å². The highest BCUT2D eigenvalue weighted by molar-refractivity contribution is 5.94. The maximum Gasteiger partial charge on any atom is 0.206 e. The maximum atomic E-state index is 9.46. The first-order valence-corrected chi connectivity index (χ1v) is 3.76. The predicted octanol–water partition coefficient (Wildman–Crippen LogP) is 1.42. The molecule has 0 amide bonds. The van der Waals surface area contributed by atoms with E-state index in [0.717, 1.165) is 5.76 Å². The molecule has 0 saturated heterocycles. The van der Waals surface area contributed by atoms with Gasteiger partial charge in [-0.2, -0.15) is 0 Å². The van der Waals surface area contributed by atoms with E-state index in [9.17, 15) is 5.11 Å². The van der Waals surface area contributed by atoms with E-state index in [1.807, 2.05) is 6.92 Å². The van der Waals surface area contributed by atoms with Crippen molar-refractivity contribution >= 4 is 11.7 Å². The van der Waals surface area contributed by atoms with Crippen LogP contribution in [0, 0.1) is 6.92 Å². The number of aliphatic hydroxyl groups excluding tert-OH is 1. The van der Waals surface area contributed by atoms with Crippen LogP contribution >= 0.6 is 0 Å². The van der Waals surface area contributed by atoms with Gasteiger partial charge < -0.3 is 14.8 Å². The van der Waals surface area contributed by atoms with Crippen LogP contribution in [0.5, 0.6) is 0 Å². The molecule has 2 N–H and O–H groups in total. The van der Waals surface area contributed by atoms with Gasteiger partial charge in [-0.15, -0.1) is 0 Å². The number of rotatable bonds is 0. The molecular formula is C8H10N2O2. The number of anilines is 1. The summed E-state index contributed by atoms with van der Waals surface area (Å²) in [7, 11) is 0. The molecule has 0 fully saturated rings. The van der Waals surface area contributed by atoms with Gasteiger partial charge in [0.1, 0.15) is 11.6 Å². The quantitative estimate of drug-likeness (QED) is 0.612. The van der Waals surface area contributed by atoms with Gasteiger partial charge in [0.25, 0.3) is 0 Å². The molecule has 2 heterocycles. The number of nitrogens with one attached hydrogen (secondary N) is 1. The SMILES string of the molecule is CC1=NC(O)c2cc(C)oc2N1. The lowest BCUT2D eigenvalue weighted by atomic mass is 10.2. The van der Waals surface area contributed by atoms with Gasteiger partial charge in [0.15, 0.2) is 6.23 Å². The average molecular weight is 166 g/mol. The molecule has 4 nitrogen and oxygen atoms in total. The fourth-order valence-corrected chi connectivity index (χ4v) is 1.27. The Morgan fingerprint density at radius 3 is 3.08 bits per heavy atom. The van der Waals surface area contributed by atoms with E-state index in [2.05, 4.69) is 10.3 Å². The monoisotopic (exact) mass is 166 g/mol. The Hall–Kier alpha value is -1.29. The van der Waals surface area contributed by atoms with Crippen molar-refractivity contribution in [3.63, 3.8) is 0 Å². The van der Waals surface area contributed by atoms with Gasteiger partial charge in [-0.25, -0.2) is 4.99 Å². The number of aliphatic imine (C=N–C) groups is 1. The average Bonchev–Trinajstić information content (AvgIpc) is 2.29. The molecule has 0 aromatic carbocycles. The fourth-order valence-electron chi connectivity index (χ4n) is 1.27. The Labute approximate surface area is 69.9 Å². The van der Waals surface area contributed by atoms with Gasteiger partial charge in [0.2, 0.25) is 5.88 Å². The molecule has 1 aliphatic rings. The number of aryl methyl sites for hydroxylation is 1. The van der Waals surface area contributed by atoms with E-state index in [4.69, 9.17) is 4.42 Å². The molecule has 12 heavy (non-hydrogen) atoms. The molecule has 1 atom stereocenters. The zero-order valence-corrected chi connectivity index (χ0v) is 6.96. The Balaban J connectivity index is 2.47. The van der Waals surface area contributed by atoms with Crippen molar-refractivity contribution in [3.8, 4) is 0 Å². The van der Waals surface area contributed by atoms with Crippen molar-refractivity contribution in [3.05, 3.63) is 17.4 Å². The molecule has 0 bridgehead atoms. The third kappa shape index (κ3) is 1.00. The fraction of sp³-hybridized carbons (Fsp3) is 0.375. The van der Waals surface area contributed by atoms with Crippen molar-refractivity contribution < 1.29 is 9.52 Å². The zero-order chi connectivity index (χ0) is 8.72. The number of nitrogens with zero attached hydrogens (tertiary/aromatic N) is 1. The number of hydrogen-bond acceptors (Lipinski definition) is 4. The van der Waals surface area contributed by atoms with Crippen molar-refractivity contribution in [2.45, 2.75) is 20.1 Å². The first-order chi connectivity index (χ1) is 5.66. The minimum atomic E-state index is -0.779. The molecular weight excluding hydrogens is 156 g/mol. The minimum absolute atomic E-state index is 0.604. The Kier molecular flexibility index (Phi) is 1.44. The highest BCUT2D eigenvalue weighted by atomic mass is 16.4. The van der Waals surface area contributed by atoms with E-state index < -0.39 is 6.23 Å². The zero-order valence-electron chi connectivity index (χ0n) is 6.96. The smallest absolute Gasteiger partial charge is 0.206 e. The van der Waals surface area contributed by atoms with E-state index in [-0.39, 0.29) is 0 Å². The molecule has 0 spiro atoms. The highest BCUT2D eigenvalue weighted by Crippen LogP contribution is 2.30. The largest absolute Gasteiger partial charge is 0.445 e. The summed E-state index contributed by atoms with van der Waals surface area (Å²) in [5, 5.41) is 12.4. The number of hydrogen-bond donors (Lipinski definition) is 2. The van der Waals surface area contributed by atoms with Gasteiger partial charge in [0, 0.05) is 0 Å². The Morgan fingerprint density at radius 1 is 1.58 bits per heavy atom. The highest BCUT2D eigenvalue weighted by Gasteiger charge is 2.20. The number of aliphatic hydroxyl groups is 1. The molecule has 1 aromatic heterocycles. The second kappa shape index (κ2) is 2.35. The van der Waals surface area contributed by atoms with E-state index in [1.54, 1.807) is 13.0 Å². The Bertz CT molecular complexity index is 341. The lowest BCUT2D eigenvalue weighted by molar-refractivity contribution is 0.187. The summed E-state index contributed by atoms with van der Waals surface area (Å²) in [6.07, 6.45) is -0.779. The van der Waals surface area contributed by atoms with Gasteiger partial charge >= 0.3 is 0 Å². The number of amidine groups is 1. The molecule has 0 aliphatic carbocycles. The molecule has 2 rings (SSSR count). The minimum Gasteiger partial charge on any atom is -0.445 e. The second-order valence-corrected chi connectivity index (χ2v) is 2.85. The molecule has 1 aromatic rings. The Morgan fingerprint density at radius 2 is 2.33 bits per heavy atom. The summed E-state index contributed by atoms with van der Waals surface area (Å²) in [6, 6.07) is 1.78. The molecule has 4 heteroatoms. The summed E-state index contributed by atoms with van der Waals surface area (Å²) in [6.45, 7) is 3.62. The number of furan rings is 1. The van der Waals surface area contributed by atoms with Crippen LogP contribution in [0.1, 0.15) is 24.5 Å². The molecule has 0 saturated carbocycles. The lowest BCUT2D eigenvalue weighted by Gasteiger charge is -2.14.